The van der Waals surface area contributed by atoms with E-state index in [-0.39, 0.29) is 0 Å². The number of nitrogens with two attached hydrogens (primary N) is 1. The van der Waals surface area contributed by atoms with Crippen molar-refractivity contribution in [1.82, 2.24) is 0 Å². The summed E-state index contributed by atoms with van der Waals surface area (Å²) >= 11 is 5.88. The van der Waals surface area contributed by atoms with Crippen molar-refractivity contribution < 1.29 is 4.84 Å². The van der Waals surface area contributed by atoms with E-state index >= 15 is 0 Å². The first-order valence-corrected chi connectivity index (χ1v) is 6.30. The lowest BCUT2D eigenvalue weighted by molar-refractivity contribution is 0.130. The van der Waals surface area contributed by atoms with E-state index in [1.807, 2.05) is 43.3 Å². The van der Waals surface area contributed by atoms with Crippen LogP contribution < -0.4 is 5.73 Å². The molecule has 0 bridgehead atoms. The third kappa shape index (κ3) is 4.00. The van der Waals surface area contributed by atoms with Gasteiger partial charge in [-0.05, 0) is 24.6 Å². The zero-order chi connectivity index (χ0) is 13.7. The first-order valence-electron chi connectivity index (χ1n) is 5.92. The lowest BCUT2D eigenvalue weighted by atomic mass is 10.2. The van der Waals surface area contributed by atoms with Gasteiger partial charge in [0.25, 0.3) is 0 Å². The third-order valence-electron chi connectivity index (χ3n) is 2.64. The largest absolute Gasteiger partial charge is 0.389 e. The Hall–Kier alpha value is -2.00. The molecule has 0 radical (unpaired) electrons. The Bertz CT molecular complexity index is 579. The van der Waals surface area contributed by atoms with Gasteiger partial charge in [-0.3, -0.25) is 0 Å². The Morgan fingerprint density at radius 3 is 2.63 bits per heavy atom. The van der Waals surface area contributed by atoms with Crippen molar-refractivity contribution in [2.45, 2.75) is 13.5 Å². The average molecular weight is 275 g/mol. The van der Waals surface area contributed by atoms with Crippen molar-refractivity contribution in [3.05, 3.63) is 70.2 Å². The van der Waals surface area contributed by atoms with E-state index in [0.29, 0.717) is 17.5 Å². The van der Waals surface area contributed by atoms with Crippen molar-refractivity contribution in [2.24, 2.45) is 10.9 Å². The van der Waals surface area contributed by atoms with E-state index in [1.54, 1.807) is 12.1 Å². The molecule has 0 saturated carbocycles. The second kappa shape index (κ2) is 6.25. The summed E-state index contributed by atoms with van der Waals surface area (Å²) in [6.45, 7) is 2.43. The fraction of sp³-hybridized carbons (Fsp3) is 0.133. The Morgan fingerprint density at radius 1 is 1.21 bits per heavy atom. The minimum Gasteiger partial charge on any atom is -0.389 e. The highest BCUT2D eigenvalue weighted by molar-refractivity contribution is 6.31. The van der Waals surface area contributed by atoms with Crippen LogP contribution in [-0.2, 0) is 11.4 Å². The minimum atomic E-state index is 0.314. The van der Waals surface area contributed by atoms with Crippen molar-refractivity contribution in [2.75, 3.05) is 0 Å². The lowest BCUT2D eigenvalue weighted by Crippen LogP contribution is -2.13. The number of hydrogen-bond acceptors (Lipinski definition) is 2. The molecular formula is C15H15ClN2O. The van der Waals surface area contributed by atoms with Gasteiger partial charge in [0.15, 0.2) is 5.84 Å². The maximum Gasteiger partial charge on any atom is 0.170 e. The summed E-state index contributed by atoms with van der Waals surface area (Å²) in [6, 6.07) is 15.2. The number of rotatable bonds is 4. The lowest BCUT2D eigenvalue weighted by Gasteiger charge is -2.03. The highest BCUT2D eigenvalue weighted by Gasteiger charge is 2.00. The highest BCUT2D eigenvalue weighted by atomic mass is 35.5. The Kier molecular flexibility index (Phi) is 4.42. The standard InChI is InChI=1S/C15H15ClN2O/c1-11-5-7-12(8-6-11)10-19-18-15(17)13-3-2-4-14(16)9-13/h2-9H,10H2,1H3,(H2,17,18). The Labute approximate surface area is 117 Å². The van der Waals surface area contributed by atoms with Crippen LogP contribution in [0.3, 0.4) is 0 Å². The molecule has 2 aromatic rings. The normalized spacial score (nSPS) is 11.4. The van der Waals surface area contributed by atoms with Crippen LogP contribution in [-0.4, -0.2) is 5.84 Å². The molecule has 2 rings (SSSR count). The van der Waals surface area contributed by atoms with E-state index in [2.05, 4.69) is 5.16 Å². The molecule has 2 N–H and O–H groups in total. The highest BCUT2D eigenvalue weighted by Crippen LogP contribution is 2.10. The number of oxime groups is 1. The van der Waals surface area contributed by atoms with Gasteiger partial charge in [0.1, 0.15) is 6.61 Å². The van der Waals surface area contributed by atoms with Gasteiger partial charge in [-0.1, -0.05) is 58.7 Å². The molecule has 0 amide bonds. The van der Waals surface area contributed by atoms with Crippen LogP contribution >= 0.6 is 11.6 Å². The maximum atomic E-state index is 5.88. The summed E-state index contributed by atoms with van der Waals surface area (Å²) in [6.07, 6.45) is 0. The summed E-state index contributed by atoms with van der Waals surface area (Å²) in [4.78, 5) is 5.24. The van der Waals surface area contributed by atoms with Gasteiger partial charge in [0, 0.05) is 10.6 Å². The van der Waals surface area contributed by atoms with Gasteiger partial charge < -0.3 is 10.6 Å². The topological polar surface area (TPSA) is 47.6 Å². The van der Waals surface area contributed by atoms with E-state index in [9.17, 15) is 0 Å². The molecule has 2 aromatic carbocycles. The van der Waals surface area contributed by atoms with Crippen molar-refractivity contribution in [1.29, 1.82) is 0 Å². The third-order valence-corrected chi connectivity index (χ3v) is 2.87. The molecule has 0 atom stereocenters. The maximum absolute atomic E-state index is 5.88. The molecule has 0 saturated heterocycles. The second-order valence-corrected chi connectivity index (χ2v) is 4.68. The molecule has 0 aliphatic carbocycles. The van der Waals surface area contributed by atoms with Gasteiger partial charge in [-0.25, -0.2) is 0 Å². The first kappa shape index (κ1) is 13.4. The van der Waals surface area contributed by atoms with Crippen LogP contribution in [0, 0.1) is 6.92 Å². The molecule has 0 fully saturated rings. The van der Waals surface area contributed by atoms with Crippen LogP contribution in [0.5, 0.6) is 0 Å². The summed E-state index contributed by atoms with van der Waals surface area (Å²) in [5.41, 5.74) is 8.83. The van der Waals surface area contributed by atoms with Gasteiger partial charge in [-0.2, -0.15) is 0 Å². The molecule has 0 spiro atoms. The molecule has 0 aliphatic rings. The number of benzene rings is 2. The zero-order valence-corrected chi connectivity index (χ0v) is 11.4. The van der Waals surface area contributed by atoms with Gasteiger partial charge in [-0.15, -0.1) is 0 Å². The quantitative estimate of drug-likeness (QED) is 0.527. The monoisotopic (exact) mass is 274 g/mol. The number of halogens is 1. The van der Waals surface area contributed by atoms with Gasteiger partial charge in [0.05, 0.1) is 0 Å². The number of aryl methyl sites for hydroxylation is 1. The molecule has 0 unspecified atom stereocenters. The number of hydrogen-bond donors (Lipinski definition) is 1. The summed E-state index contributed by atoms with van der Waals surface area (Å²) in [5, 5.41) is 4.51. The first-order chi connectivity index (χ1) is 9.15. The van der Waals surface area contributed by atoms with Crippen LogP contribution in [0.1, 0.15) is 16.7 Å². The van der Waals surface area contributed by atoms with E-state index in [4.69, 9.17) is 22.2 Å². The van der Waals surface area contributed by atoms with E-state index < -0.39 is 0 Å². The average Bonchev–Trinajstić information content (AvgIpc) is 2.41. The minimum absolute atomic E-state index is 0.314. The predicted octanol–water partition coefficient (Wildman–Crippen LogP) is 3.49. The predicted molar refractivity (Wildman–Crippen MR) is 78.1 cm³/mol. The van der Waals surface area contributed by atoms with Crippen LogP contribution in [0.2, 0.25) is 5.02 Å². The molecule has 0 heterocycles. The molecule has 3 nitrogen and oxygen atoms in total. The van der Waals surface area contributed by atoms with Gasteiger partial charge >= 0.3 is 0 Å². The molecule has 4 heteroatoms. The summed E-state index contributed by atoms with van der Waals surface area (Å²) in [5.74, 6) is 0.314. The number of amidine groups is 1. The molecular weight excluding hydrogens is 260 g/mol. The Balaban J connectivity index is 1.97. The second-order valence-electron chi connectivity index (χ2n) is 4.25. The number of nitrogens with zero attached hydrogens (tertiary/aromatic N) is 1. The fourth-order valence-electron chi connectivity index (χ4n) is 1.56. The SMILES string of the molecule is Cc1ccc(CO/N=C(\N)c2cccc(Cl)c2)cc1. The fourth-order valence-corrected chi connectivity index (χ4v) is 1.75. The smallest absolute Gasteiger partial charge is 0.170 e. The van der Waals surface area contributed by atoms with Crippen LogP contribution in [0.25, 0.3) is 0 Å². The van der Waals surface area contributed by atoms with Crippen LogP contribution in [0.15, 0.2) is 53.7 Å². The zero-order valence-electron chi connectivity index (χ0n) is 10.6. The van der Waals surface area contributed by atoms with Crippen molar-refractivity contribution in [3.8, 4) is 0 Å². The van der Waals surface area contributed by atoms with Crippen molar-refractivity contribution >= 4 is 17.4 Å². The molecule has 0 aromatic heterocycles. The summed E-state index contributed by atoms with van der Waals surface area (Å²) < 4.78 is 0. The molecule has 98 valence electrons. The van der Waals surface area contributed by atoms with Gasteiger partial charge in [0.2, 0.25) is 0 Å². The van der Waals surface area contributed by atoms with Crippen LogP contribution in [0.4, 0.5) is 0 Å². The Morgan fingerprint density at radius 2 is 1.95 bits per heavy atom. The van der Waals surface area contributed by atoms with E-state index in [1.165, 1.54) is 5.56 Å². The van der Waals surface area contributed by atoms with E-state index in [0.717, 1.165) is 11.1 Å². The molecule has 0 aliphatic heterocycles. The van der Waals surface area contributed by atoms with Crippen molar-refractivity contribution in [3.63, 3.8) is 0 Å². The summed E-state index contributed by atoms with van der Waals surface area (Å²) in [7, 11) is 0. The molecule has 19 heavy (non-hydrogen) atoms.